The van der Waals surface area contributed by atoms with Crippen LogP contribution in [-0.2, 0) is 18.0 Å². The van der Waals surface area contributed by atoms with Crippen molar-refractivity contribution < 1.29 is 9.84 Å². The van der Waals surface area contributed by atoms with Crippen LogP contribution in [0.15, 0.2) is 16.6 Å². The molecule has 72 valence electrons. The van der Waals surface area contributed by atoms with E-state index in [1.54, 1.807) is 6.07 Å². The Morgan fingerprint density at radius 2 is 2.31 bits per heavy atom. The van der Waals surface area contributed by atoms with Gasteiger partial charge in [-0.1, -0.05) is 0 Å². The maximum atomic E-state index is 8.86. The number of rotatable bonds is 4. The van der Waals surface area contributed by atoms with E-state index in [1.807, 2.05) is 13.0 Å². The van der Waals surface area contributed by atoms with Crippen molar-refractivity contribution in [3.8, 4) is 0 Å². The Kier molecular flexibility index (Phi) is 4.35. The maximum Gasteiger partial charge on any atom is 0.0899 e. The summed E-state index contributed by atoms with van der Waals surface area (Å²) < 4.78 is 6.14. The van der Waals surface area contributed by atoms with Gasteiger partial charge < -0.3 is 9.84 Å². The Morgan fingerprint density at radius 1 is 1.54 bits per heavy atom. The lowest BCUT2D eigenvalue weighted by Gasteiger charge is -2.05. The van der Waals surface area contributed by atoms with E-state index in [1.165, 1.54) is 0 Å². The van der Waals surface area contributed by atoms with Crippen molar-refractivity contribution in [1.29, 1.82) is 0 Å². The predicted molar refractivity (Wildman–Crippen MR) is 53.2 cm³/mol. The Morgan fingerprint density at radius 3 is 2.92 bits per heavy atom. The fraction of sp³-hybridized carbons (Fsp3) is 0.444. The van der Waals surface area contributed by atoms with E-state index in [0.29, 0.717) is 18.9 Å². The molecule has 0 bridgehead atoms. The highest BCUT2D eigenvalue weighted by Crippen LogP contribution is 2.15. The van der Waals surface area contributed by atoms with Gasteiger partial charge in [-0.3, -0.25) is 4.98 Å². The molecular weight excluding hydrogens is 234 g/mol. The maximum absolute atomic E-state index is 8.86. The molecule has 0 aromatic carbocycles. The lowest BCUT2D eigenvalue weighted by atomic mass is 10.3. The summed E-state index contributed by atoms with van der Waals surface area (Å²) in [5.41, 5.74) is 1.49. The zero-order valence-corrected chi connectivity index (χ0v) is 9.04. The van der Waals surface area contributed by atoms with Crippen LogP contribution in [0.2, 0.25) is 0 Å². The molecule has 3 nitrogen and oxygen atoms in total. The number of nitrogens with zero attached hydrogens (tertiary/aromatic N) is 1. The van der Waals surface area contributed by atoms with Gasteiger partial charge in [0.15, 0.2) is 0 Å². The average molecular weight is 246 g/mol. The highest BCUT2D eigenvalue weighted by atomic mass is 79.9. The number of aliphatic hydroxyl groups is 1. The molecule has 13 heavy (non-hydrogen) atoms. The average Bonchev–Trinajstić information content (AvgIpc) is 2.17. The molecule has 0 saturated carbocycles. The number of ether oxygens (including phenoxy) is 1. The lowest BCUT2D eigenvalue weighted by Crippen LogP contribution is -1.99. The molecule has 4 heteroatoms. The van der Waals surface area contributed by atoms with Crippen molar-refractivity contribution >= 4 is 15.9 Å². The quantitative estimate of drug-likeness (QED) is 0.881. The first-order valence-electron chi connectivity index (χ1n) is 4.10. The van der Waals surface area contributed by atoms with E-state index >= 15 is 0 Å². The van der Waals surface area contributed by atoms with Crippen LogP contribution >= 0.6 is 15.9 Å². The van der Waals surface area contributed by atoms with Crippen LogP contribution in [0.3, 0.4) is 0 Å². The zero-order valence-electron chi connectivity index (χ0n) is 7.46. The van der Waals surface area contributed by atoms with E-state index in [2.05, 4.69) is 20.9 Å². The Balaban J connectivity index is 2.78. The smallest absolute Gasteiger partial charge is 0.0899 e. The number of pyridine rings is 1. The molecule has 0 aliphatic rings. The van der Waals surface area contributed by atoms with Gasteiger partial charge in [0, 0.05) is 11.1 Å². The lowest BCUT2D eigenvalue weighted by molar-refractivity contribution is 0.130. The SMILES string of the molecule is CCOCc1nc(CO)ccc1Br. The first-order chi connectivity index (χ1) is 6.27. The topological polar surface area (TPSA) is 42.4 Å². The molecule has 0 atom stereocenters. The van der Waals surface area contributed by atoms with Crippen LogP contribution < -0.4 is 0 Å². The van der Waals surface area contributed by atoms with Crippen molar-refractivity contribution in [1.82, 2.24) is 4.98 Å². The largest absolute Gasteiger partial charge is 0.390 e. The van der Waals surface area contributed by atoms with Crippen molar-refractivity contribution in [3.63, 3.8) is 0 Å². The highest BCUT2D eigenvalue weighted by Gasteiger charge is 2.02. The molecule has 0 radical (unpaired) electrons. The third-order valence-corrected chi connectivity index (χ3v) is 2.30. The molecule has 1 heterocycles. The van der Waals surface area contributed by atoms with Gasteiger partial charge >= 0.3 is 0 Å². The van der Waals surface area contributed by atoms with Crippen LogP contribution in [0, 0.1) is 0 Å². The van der Waals surface area contributed by atoms with Crippen molar-refractivity contribution in [2.75, 3.05) is 6.61 Å². The second-order valence-electron chi connectivity index (χ2n) is 2.53. The van der Waals surface area contributed by atoms with Crippen LogP contribution in [0.25, 0.3) is 0 Å². The third-order valence-electron chi connectivity index (χ3n) is 1.58. The number of aromatic nitrogens is 1. The Labute approximate surface area is 85.9 Å². The molecule has 0 amide bonds. The molecule has 1 aromatic rings. The molecule has 0 saturated heterocycles. The number of aliphatic hydroxyl groups excluding tert-OH is 1. The van der Waals surface area contributed by atoms with Gasteiger partial charge in [-0.05, 0) is 35.0 Å². The van der Waals surface area contributed by atoms with Crippen LogP contribution in [0.1, 0.15) is 18.3 Å². The summed E-state index contributed by atoms with van der Waals surface area (Å²) in [6.07, 6.45) is 0. The first kappa shape index (κ1) is 10.6. The first-order valence-corrected chi connectivity index (χ1v) is 4.90. The second kappa shape index (κ2) is 5.32. The zero-order chi connectivity index (χ0) is 9.68. The minimum Gasteiger partial charge on any atom is -0.390 e. The second-order valence-corrected chi connectivity index (χ2v) is 3.38. The summed E-state index contributed by atoms with van der Waals surface area (Å²) in [5, 5.41) is 8.86. The van der Waals surface area contributed by atoms with Gasteiger partial charge in [0.25, 0.3) is 0 Å². The molecule has 0 unspecified atom stereocenters. The van der Waals surface area contributed by atoms with E-state index in [9.17, 15) is 0 Å². The summed E-state index contributed by atoms with van der Waals surface area (Å²) in [7, 11) is 0. The van der Waals surface area contributed by atoms with Crippen molar-refractivity contribution in [3.05, 3.63) is 28.0 Å². The predicted octanol–water partition coefficient (Wildman–Crippen LogP) is 1.87. The van der Waals surface area contributed by atoms with Gasteiger partial charge in [0.05, 0.1) is 24.6 Å². The number of hydrogen-bond donors (Lipinski definition) is 1. The highest BCUT2D eigenvalue weighted by molar-refractivity contribution is 9.10. The fourth-order valence-corrected chi connectivity index (χ4v) is 1.25. The Bertz CT molecular complexity index is 278. The summed E-state index contributed by atoms with van der Waals surface area (Å²) in [6, 6.07) is 3.65. The number of halogens is 1. The molecule has 1 rings (SSSR count). The van der Waals surface area contributed by atoms with Gasteiger partial charge in [-0.15, -0.1) is 0 Å². The minimum atomic E-state index is -0.0353. The van der Waals surface area contributed by atoms with Crippen LogP contribution in [0.5, 0.6) is 0 Å². The third kappa shape index (κ3) is 3.06. The van der Waals surface area contributed by atoms with E-state index in [4.69, 9.17) is 9.84 Å². The van der Waals surface area contributed by atoms with E-state index in [-0.39, 0.29) is 6.61 Å². The molecule has 1 N–H and O–H groups in total. The molecule has 1 aromatic heterocycles. The van der Waals surface area contributed by atoms with Gasteiger partial charge in [0.2, 0.25) is 0 Å². The van der Waals surface area contributed by atoms with Gasteiger partial charge in [-0.2, -0.15) is 0 Å². The standard InChI is InChI=1S/C9H12BrNO2/c1-2-13-6-9-8(10)4-3-7(5-12)11-9/h3-4,12H,2,5-6H2,1H3. The van der Waals surface area contributed by atoms with Crippen molar-refractivity contribution in [2.24, 2.45) is 0 Å². The van der Waals surface area contributed by atoms with E-state index < -0.39 is 0 Å². The monoisotopic (exact) mass is 245 g/mol. The summed E-state index contributed by atoms with van der Waals surface area (Å²) in [6.45, 7) is 3.04. The van der Waals surface area contributed by atoms with Gasteiger partial charge in [0.1, 0.15) is 0 Å². The Hall–Kier alpha value is -0.450. The molecule has 0 spiro atoms. The molecule has 0 fully saturated rings. The molecular formula is C9H12BrNO2. The summed E-state index contributed by atoms with van der Waals surface area (Å²) in [5.74, 6) is 0. The minimum absolute atomic E-state index is 0.0353. The summed E-state index contributed by atoms with van der Waals surface area (Å²) in [4.78, 5) is 4.21. The molecule has 0 aliphatic heterocycles. The van der Waals surface area contributed by atoms with Crippen molar-refractivity contribution in [2.45, 2.75) is 20.1 Å². The number of hydrogen-bond acceptors (Lipinski definition) is 3. The van der Waals surface area contributed by atoms with Gasteiger partial charge in [-0.25, -0.2) is 0 Å². The summed E-state index contributed by atoms with van der Waals surface area (Å²) >= 11 is 3.37. The van der Waals surface area contributed by atoms with E-state index in [0.717, 1.165) is 10.2 Å². The normalized spacial score (nSPS) is 10.4. The van der Waals surface area contributed by atoms with Crippen LogP contribution in [-0.4, -0.2) is 16.7 Å². The molecule has 0 aliphatic carbocycles. The van der Waals surface area contributed by atoms with Crippen LogP contribution in [0.4, 0.5) is 0 Å². The fourth-order valence-electron chi connectivity index (χ4n) is 0.918.